The van der Waals surface area contributed by atoms with Gasteiger partial charge in [-0.3, -0.25) is 0 Å². The molecule has 0 saturated carbocycles. The molecule has 2 N–H and O–H groups in total. The van der Waals surface area contributed by atoms with Crippen LogP contribution in [0, 0.1) is 5.82 Å². The van der Waals surface area contributed by atoms with Gasteiger partial charge in [0, 0.05) is 22.9 Å². The topological polar surface area (TPSA) is 48.1 Å². The van der Waals surface area contributed by atoms with E-state index >= 15 is 0 Å². The lowest BCUT2D eigenvalue weighted by atomic mass is 9.91. The van der Waals surface area contributed by atoms with E-state index in [0.29, 0.717) is 12.5 Å². The van der Waals surface area contributed by atoms with Gasteiger partial charge in [-0.25, -0.2) is 9.37 Å². The van der Waals surface area contributed by atoms with Crippen molar-refractivity contribution in [2.45, 2.75) is 25.2 Å². The Balaban J connectivity index is 2.01. The fourth-order valence-corrected chi connectivity index (χ4v) is 3.84. The van der Waals surface area contributed by atoms with Gasteiger partial charge in [-0.05, 0) is 37.5 Å². The van der Waals surface area contributed by atoms with Gasteiger partial charge in [0.25, 0.3) is 0 Å². The molecule has 20 heavy (non-hydrogen) atoms. The number of fused-ring (bicyclic) bond motifs is 1. The van der Waals surface area contributed by atoms with Gasteiger partial charge in [0.2, 0.25) is 0 Å². The largest absolute Gasteiger partial charge is 0.494 e. The highest BCUT2D eigenvalue weighted by atomic mass is 32.1. The van der Waals surface area contributed by atoms with E-state index in [1.54, 1.807) is 23.5 Å². The molecule has 1 aromatic carbocycles. The number of hydrogen-bond acceptors (Lipinski definition) is 4. The van der Waals surface area contributed by atoms with Crippen molar-refractivity contribution in [3.63, 3.8) is 0 Å². The Bertz CT molecular complexity index is 626. The first-order chi connectivity index (χ1) is 9.72. The van der Waals surface area contributed by atoms with Crippen LogP contribution < -0.4 is 10.5 Å². The minimum absolute atomic E-state index is 0.256. The molecular formula is C15H17FN2OS. The summed E-state index contributed by atoms with van der Waals surface area (Å²) in [7, 11) is 1.47. The summed E-state index contributed by atoms with van der Waals surface area (Å²) in [5.41, 5.74) is 7.87. The van der Waals surface area contributed by atoms with Gasteiger partial charge < -0.3 is 10.5 Å². The molecule has 3 rings (SSSR count). The highest BCUT2D eigenvalue weighted by Crippen LogP contribution is 2.38. The van der Waals surface area contributed by atoms with Crippen LogP contribution in [-0.4, -0.2) is 18.6 Å². The van der Waals surface area contributed by atoms with Crippen LogP contribution in [0.5, 0.6) is 5.75 Å². The molecule has 5 heteroatoms. The predicted octanol–water partition coefficient (Wildman–Crippen LogP) is 3.34. The molecule has 1 heterocycles. The van der Waals surface area contributed by atoms with E-state index in [2.05, 4.69) is 0 Å². The van der Waals surface area contributed by atoms with E-state index in [0.717, 1.165) is 29.1 Å². The first-order valence-electron chi connectivity index (χ1n) is 6.76. The number of benzene rings is 1. The number of halogens is 1. The zero-order valence-corrected chi connectivity index (χ0v) is 12.2. The number of methoxy groups -OCH3 is 1. The SMILES string of the molecule is COc1cc(-c2nc3c(s2)CCCC3CN)ccc1F. The van der Waals surface area contributed by atoms with Crippen LogP contribution in [0.25, 0.3) is 10.6 Å². The fraction of sp³-hybridized carbons (Fsp3) is 0.400. The summed E-state index contributed by atoms with van der Waals surface area (Å²) in [6.07, 6.45) is 3.35. The van der Waals surface area contributed by atoms with Crippen LogP contribution in [0.2, 0.25) is 0 Å². The molecule has 2 aromatic rings. The van der Waals surface area contributed by atoms with E-state index in [4.69, 9.17) is 15.5 Å². The van der Waals surface area contributed by atoms with Crippen molar-refractivity contribution in [2.75, 3.05) is 13.7 Å². The van der Waals surface area contributed by atoms with Crippen molar-refractivity contribution in [3.8, 4) is 16.3 Å². The number of rotatable bonds is 3. The number of ether oxygens (including phenoxy) is 1. The summed E-state index contributed by atoms with van der Waals surface area (Å²) in [6.45, 7) is 0.642. The summed E-state index contributed by atoms with van der Waals surface area (Å²) in [4.78, 5) is 6.06. The Labute approximate surface area is 121 Å². The summed E-state index contributed by atoms with van der Waals surface area (Å²) in [5, 5.41) is 0.925. The third kappa shape index (κ3) is 2.31. The number of nitrogens with zero attached hydrogens (tertiary/aromatic N) is 1. The molecule has 0 saturated heterocycles. The van der Waals surface area contributed by atoms with Gasteiger partial charge in [0.15, 0.2) is 11.6 Å². The number of nitrogens with two attached hydrogens (primary N) is 1. The van der Waals surface area contributed by atoms with Gasteiger partial charge in [0.1, 0.15) is 5.01 Å². The molecule has 1 unspecified atom stereocenters. The smallest absolute Gasteiger partial charge is 0.165 e. The van der Waals surface area contributed by atoms with E-state index < -0.39 is 0 Å². The lowest BCUT2D eigenvalue weighted by Gasteiger charge is -2.18. The Morgan fingerprint density at radius 2 is 2.35 bits per heavy atom. The average Bonchev–Trinajstić information content (AvgIpc) is 2.91. The molecule has 0 fully saturated rings. The van der Waals surface area contributed by atoms with Crippen molar-refractivity contribution in [3.05, 3.63) is 34.6 Å². The van der Waals surface area contributed by atoms with Gasteiger partial charge in [0.05, 0.1) is 12.8 Å². The Morgan fingerprint density at radius 1 is 1.50 bits per heavy atom. The number of aryl methyl sites for hydroxylation is 1. The maximum absolute atomic E-state index is 13.5. The highest BCUT2D eigenvalue weighted by molar-refractivity contribution is 7.15. The second-order valence-corrected chi connectivity index (χ2v) is 6.09. The molecule has 1 aliphatic carbocycles. The average molecular weight is 292 g/mol. The van der Waals surface area contributed by atoms with Crippen LogP contribution in [0.1, 0.15) is 29.3 Å². The second-order valence-electron chi connectivity index (χ2n) is 5.00. The molecule has 1 atom stereocenters. The Kier molecular flexibility index (Phi) is 3.72. The Hall–Kier alpha value is -1.46. The first-order valence-corrected chi connectivity index (χ1v) is 7.58. The standard InChI is InChI=1S/C15H17FN2OS/c1-19-12-7-9(5-6-11(12)16)15-18-14-10(8-17)3-2-4-13(14)20-15/h5-7,10H,2-4,8,17H2,1H3. The molecule has 1 aromatic heterocycles. The van der Waals surface area contributed by atoms with Crippen molar-refractivity contribution in [1.29, 1.82) is 0 Å². The lowest BCUT2D eigenvalue weighted by Crippen LogP contribution is -2.17. The number of aromatic nitrogens is 1. The lowest BCUT2D eigenvalue weighted by molar-refractivity contribution is 0.387. The van der Waals surface area contributed by atoms with E-state index in [9.17, 15) is 4.39 Å². The second kappa shape index (κ2) is 5.50. The normalized spacial score (nSPS) is 17.9. The molecule has 3 nitrogen and oxygen atoms in total. The van der Waals surface area contributed by atoms with Crippen molar-refractivity contribution < 1.29 is 9.13 Å². The highest BCUT2D eigenvalue weighted by Gasteiger charge is 2.24. The third-order valence-corrected chi connectivity index (χ3v) is 4.93. The molecule has 0 spiro atoms. The summed E-state index contributed by atoms with van der Waals surface area (Å²) >= 11 is 1.69. The summed E-state index contributed by atoms with van der Waals surface area (Å²) in [5.74, 6) is 0.273. The molecule has 0 bridgehead atoms. The van der Waals surface area contributed by atoms with Gasteiger partial charge in [-0.1, -0.05) is 0 Å². The molecule has 106 valence electrons. The summed E-state index contributed by atoms with van der Waals surface area (Å²) < 4.78 is 18.5. The van der Waals surface area contributed by atoms with E-state index in [-0.39, 0.29) is 11.6 Å². The fourth-order valence-electron chi connectivity index (χ4n) is 2.65. The first kappa shape index (κ1) is 13.5. The molecule has 0 amide bonds. The van der Waals surface area contributed by atoms with Crippen LogP contribution in [0.4, 0.5) is 4.39 Å². The van der Waals surface area contributed by atoms with Gasteiger partial charge in [-0.2, -0.15) is 0 Å². The molecule has 1 aliphatic rings. The molecular weight excluding hydrogens is 275 g/mol. The molecule has 0 aliphatic heterocycles. The van der Waals surface area contributed by atoms with Crippen LogP contribution in [-0.2, 0) is 6.42 Å². The summed E-state index contributed by atoms with van der Waals surface area (Å²) in [6, 6.07) is 4.88. The van der Waals surface area contributed by atoms with Gasteiger partial charge in [-0.15, -0.1) is 11.3 Å². The number of thiazole rings is 1. The zero-order chi connectivity index (χ0) is 14.1. The zero-order valence-electron chi connectivity index (χ0n) is 11.4. The monoisotopic (exact) mass is 292 g/mol. The minimum atomic E-state index is -0.350. The molecule has 0 radical (unpaired) electrons. The quantitative estimate of drug-likeness (QED) is 0.944. The van der Waals surface area contributed by atoms with Crippen LogP contribution >= 0.6 is 11.3 Å². The van der Waals surface area contributed by atoms with Crippen molar-refractivity contribution in [1.82, 2.24) is 4.98 Å². The number of hydrogen-bond donors (Lipinski definition) is 1. The Morgan fingerprint density at radius 3 is 3.10 bits per heavy atom. The van der Waals surface area contributed by atoms with Crippen LogP contribution in [0.3, 0.4) is 0 Å². The van der Waals surface area contributed by atoms with Crippen LogP contribution in [0.15, 0.2) is 18.2 Å². The van der Waals surface area contributed by atoms with E-state index in [1.165, 1.54) is 24.5 Å². The maximum atomic E-state index is 13.5. The third-order valence-electron chi connectivity index (χ3n) is 3.75. The maximum Gasteiger partial charge on any atom is 0.165 e. The predicted molar refractivity (Wildman–Crippen MR) is 78.8 cm³/mol. The van der Waals surface area contributed by atoms with Crippen molar-refractivity contribution >= 4 is 11.3 Å². The van der Waals surface area contributed by atoms with Gasteiger partial charge >= 0.3 is 0 Å². The minimum Gasteiger partial charge on any atom is -0.494 e. The van der Waals surface area contributed by atoms with Crippen molar-refractivity contribution in [2.24, 2.45) is 5.73 Å². The van der Waals surface area contributed by atoms with E-state index in [1.807, 2.05) is 0 Å².